The lowest BCUT2D eigenvalue weighted by atomic mass is 9.68. The molecule has 72 valence electrons. The number of nitrogens with zero attached hydrogens (tertiary/aromatic N) is 1. The Morgan fingerprint density at radius 1 is 1.08 bits per heavy atom. The third-order valence-corrected chi connectivity index (χ3v) is 3.82. The van der Waals surface area contributed by atoms with Crippen LogP contribution in [-0.2, 0) is 0 Å². The molecule has 1 fully saturated rings. The van der Waals surface area contributed by atoms with E-state index in [2.05, 4.69) is 39.6 Å². The van der Waals surface area contributed by atoms with Gasteiger partial charge in [-0.05, 0) is 37.3 Å². The summed E-state index contributed by atoms with van der Waals surface area (Å²) in [5, 5.41) is 0. The van der Waals surface area contributed by atoms with Crippen molar-refractivity contribution >= 4 is 0 Å². The van der Waals surface area contributed by atoms with Gasteiger partial charge in [-0.25, -0.2) is 0 Å². The Morgan fingerprint density at radius 2 is 1.58 bits per heavy atom. The van der Waals surface area contributed by atoms with Crippen LogP contribution in [0.2, 0.25) is 0 Å². The van der Waals surface area contributed by atoms with Crippen LogP contribution in [0.1, 0.15) is 34.1 Å². The summed E-state index contributed by atoms with van der Waals surface area (Å²) in [7, 11) is 2.24. The molecule has 0 radical (unpaired) electrons. The minimum atomic E-state index is 0.592. The van der Waals surface area contributed by atoms with Gasteiger partial charge in [-0.1, -0.05) is 27.7 Å². The van der Waals surface area contributed by atoms with Gasteiger partial charge >= 0.3 is 0 Å². The first kappa shape index (κ1) is 10.0. The topological polar surface area (TPSA) is 3.24 Å². The number of rotatable bonds is 2. The summed E-state index contributed by atoms with van der Waals surface area (Å²) in [6.45, 7) is 12.1. The molecule has 0 N–H and O–H groups in total. The summed E-state index contributed by atoms with van der Waals surface area (Å²) in [5.41, 5.74) is 0.592. The summed E-state index contributed by atoms with van der Waals surface area (Å²) in [5.74, 6) is 1.64. The van der Waals surface area contributed by atoms with E-state index in [0.717, 1.165) is 11.8 Å². The van der Waals surface area contributed by atoms with Crippen LogP contribution >= 0.6 is 0 Å². The molecule has 0 aromatic carbocycles. The van der Waals surface area contributed by atoms with Gasteiger partial charge in [0.2, 0.25) is 0 Å². The fourth-order valence-electron chi connectivity index (χ4n) is 2.67. The van der Waals surface area contributed by atoms with Gasteiger partial charge in [0.1, 0.15) is 0 Å². The van der Waals surface area contributed by atoms with Crippen molar-refractivity contribution in [1.29, 1.82) is 0 Å². The van der Waals surface area contributed by atoms with E-state index in [1.54, 1.807) is 0 Å². The van der Waals surface area contributed by atoms with Crippen molar-refractivity contribution in [2.45, 2.75) is 34.1 Å². The summed E-state index contributed by atoms with van der Waals surface area (Å²) < 4.78 is 0. The third kappa shape index (κ3) is 1.52. The molecular formula is C11H23N. The number of hydrogen-bond acceptors (Lipinski definition) is 1. The lowest BCUT2D eigenvalue weighted by molar-refractivity contribution is 0.123. The fourth-order valence-corrected chi connectivity index (χ4v) is 2.67. The lowest BCUT2D eigenvalue weighted by Gasteiger charge is -2.37. The van der Waals surface area contributed by atoms with Crippen molar-refractivity contribution in [1.82, 2.24) is 4.90 Å². The zero-order valence-corrected chi connectivity index (χ0v) is 9.22. The Balaban J connectivity index is 2.75. The van der Waals surface area contributed by atoms with Crippen molar-refractivity contribution in [3.63, 3.8) is 0 Å². The molecule has 1 rings (SSSR count). The summed E-state index contributed by atoms with van der Waals surface area (Å²) >= 11 is 0. The van der Waals surface area contributed by atoms with Gasteiger partial charge in [-0.3, -0.25) is 0 Å². The van der Waals surface area contributed by atoms with E-state index in [0.29, 0.717) is 5.41 Å². The van der Waals surface area contributed by atoms with E-state index in [-0.39, 0.29) is 0 Å². The Hall–Kier alpha value is -0.0400. The lowest BCUT2D eigenvalue weighted by Crippen LogP contribution is -2.35. The van der Waals surface area contributed by atoms with Crippen molar-refractivity contribution in [3.8, 4) is 0 Å². The highest BCUT2D eigenvalue weighted by Crippen LogP contribution is 2.43. The van der Waals surface area contributed by atoms with E-state index >= 15 is 0 Å². The first-order valence-corrected chi connectivity index (χ1v) is 5.17. The summed E-state index contributed by atoms with van der Waals surface area (Å²) in [6.07, 6.45) is 1.39. The molecule has 1 heteroatoms. The van der Waals surface area contributed by atoms with Crippen molar-refractivity contribution < 1.29 is 0 Å². The van der Waals surface area contributed by atoms with Gasteiger partial charge in [0.25, 0.3) is 0 Å². The zero-order chi connectivity index (χ0) is 9.35. The van der Waals surface area contributed by atoms with E-state index in [1.165, 1.54) is 19.5 Å². The Labute approximate surface area is 77.1 Å². The van der Waals surface area contributed by atoms with Crippen LogP contribution in [0.5, 0.6) is 0 Å². The molecule has 0 aliphatic carbocycles. The number of hydrogen-bond donors (Lipinski definition) is 0. The van der Waals surface area contributed by atoms with Crippen LogP contribution < -0.4 is 0 Å². The highest BCUT2D eigenvalue weighted by atomic mass is 15.1. The van der Waals surface area contributed by atoms with Gasteiger partial charge in [0, 0.05) is 6.54 Å². The predicted octanol–water partition coefficient (Wildman–Crippen LogP) is 2.62. The molecule has 0 bridgehead atoms. The summed E-state index contributed by atoms with van der Waals surface area (Å²) in [4.78, 5) is 2.47. The maximum Gasteiger partial charge on any atom is 0.00403 e. The van der Waals surface area contributed by atoms with E-state index in [1.807, 2.05) is 0 Å². The first-order chi connectivity index (χ1) is 5.49. The molecule has 1 heterocycles. The Bertz CT molecular complexity index is 141. The molecule has 0 atom stereocenters. The highest BCUT2D eigenvalue weighted by Gasteiger charge is 2.41. The van der Waals surface area contributed by atoms with Crippen LogP contribution in [0.4, 0.5) is 0 Å². The molecule has 0 unspecified atom stereocenters. The predicted molar refractivity (Wildman–Crippen MR) is 54.2 cm³/mol. The second-order valence-corrected chi connectivity index (χ2v) is 5.03. The molecule has 0 aromatic heterocycles. The van der Waals surface area contributed by atoms with Gasteiger partial charge in [0.15, 0.2) is 0 Å². The molecule has 1 aliphatic rings. The zero-order valence-electron chi connectivity index (χ0n) is 9.22. The van der Waals surface area contributed by atoms with E-state index < -0.39 is 0 Å². The summed E-state index contributed by atoms with van der Waals surface area (Å²) in [6, 6.07) is 0. The minimum Gasteiger partial charge on any atom is -0.306 e. The number of likely N-dealkylation sites (tertiary alicyclic amines) is 1. The normalized spacial score (nSPS) is 24.2. The van der Waals surface area contributed by atoms with Crippen molar-refractivity contribution in [3.05, 3.63) is 0 Å². The average Bonchev–Trinajstić information content (AvgIpc) is 2.32. The molecular weight excluding hydrogens is 146 g/mol. The molecule has 0 amide bonds. The second kappa shape index (κ2) is 3.37. The third-order valence-electron chi connectivity index (χ3n) is 3.82. The maximum absolute atomic E-state index is 2.47. The van der Waals surface area contributed by atoms with Crippen molar-refractivity contribution in [2.24, 2.45) is 17.3 Å². The van der Waals surface area contributed by atoms with Gasteiger partial charge < -0.3 is 4.90 Å². The molecule has 0 spiro atoms. The van der Waals surface area contributed by atoms with Gasteiger partial charge in [-0.15, -0.1) is 0 Å². The quantitative estimate of drug-likeness (QED) is 0.614. The van der Waals surface area contributed by atoms with E-state index in [4.69, 9.17) is 0 Å². The minimum absolute atomic E-state index is 0.592. The molecule has 1 aliphatic heterocycles. The van der Waals surface area contributed by atoms with Gasteiger partial charge in [-0.2, -0.15) is 0 Å². The maximum atomic E-state index is 2.47. The molecule has 1 nitrogen and oxygen atoms in total. The smallest absolute Gasteiger partial charge is 0.00403 e. The molecule has 0 saturated carbocycles. The average molecular weight is 169 g/mol. The molecule has 1 saturated heterocycles. The fraction of sp³-hybridized carbons (Fsp3) is 1.00. The van der Waals surface area contributed by atoms with Gasteiger partial charge in [0.05, 0.1) is 0 Å². The SMILES string of the molecule is CC(C)C1(C(C)C)CCN(C)C1. The Kier molecular flexibility index (Phi) is 2.82. The Morgan fingerprint density at radius 3 is 1.75 bits per heavy atom. The van der Waals surface area contributed by atoms with Crippen LogP contribution in [0.3, 0.4) is 0 Å². The first-order valence-electron chi connectivity index (χ1n) is 5.17. The molecule has 0 aromatic rings. The highest BCUT2D eigenvalue weighted by molar-refractivity contribution is 4.93. The second-order valence-electron chi connectivity index (χ2n) is 5.03. The van der Waals surface area contributed by atoms with Crippen molar-refractivity contribution in [2.75, 3.05) is 20.1 Å². The monoisotopic (exact) mass is 169 g/mol. The standard InChI is InChI=1S/C11H23N/c1-9(2)11(10(3)4)6-7-12(5)8-11/h9-10H,6-8H2,1-5H3. The largest absolute Gasteiger partial charge is 0.306 e. The van der Waals surface area contributed by atoms with E-state index in [9.17, 15) is 0 Å². The molecule has 12 heavy (non-hydrogen) atoms. The van der Waals surface area contributed by atoms with Crippen LogP contribution in [0, 0.1) is 17.3 Å². The van der Waals surface area contributed by atoms with Crippen LogP contribution in [0.25, 0.3) is 0 Å². The van der Waals surface area contributed by atoms with Crippen LogP contribution in [0.15, 0.2) is 0 Å². The van der Waals surface area contributed by atoms with Crippen LogP contribution in [-0.4, -0.2) is 25.0 Å².